The van der Waals surface area contributed by atoms with Crippen LogP contribution in [0.1, 0.15) is 10.5 Å². The van der Waals surface area contributed by atoms with Gasteiger partial charge in [-0.2, -0.15) is 0 Å². The number of benzene rings is 2. The van der Waals surface area contributed by atoms with E-state index in [9.17, 15) is 4.79 Å². The molecule has 0 unspecified atom stereocenters. The van der Waals surface area contributed by atoms with Gasteiger partial charge in [0, 0.05) is 10.9 Å². The number of halogens is 1. The lowest BCUT2D eigenvalue weighted by Crippen LogP contribution is -2.07. The van der Waals surface area contributed by atoms with Crippen molar-refractivity contribution in [3.63, 3.8) is 0 Å². The van der Waals surface area contributed by atoms with Crippen LogP contribution in [0.25, 0.3) is 21.9 Å². The van der Waals surface area contributed by atoms with Crippen molar-refractivity contribution in [2.45, 2.75) is 0 Å². The van der Waals surface area contributed by atoms with Gasteiger partial charge in [-0.25, -0.2) is 9.78 Å². The largest absolute Gasteiger partial charge is 0.464 e. The van der Waals surface area contributed by atoms with Gasteiger partial charge < -0.3 is 4.74 Å². The summed E-state index contributed by atoms with van der Waals surface area (Å²) in [5, 5.41) is 1.99. The van der Waals surface area contributed by atoms with E-state index in [1.807, 2.05) is 54.6 Å². The molecule has 104 valence electrons. The van der Waals surface area contributed by atoms with Gasteiger partial charge in [-0.1, -0.05) is 66.2 Å². The Kier molecular flexibility index (Phi) is 3.59. The molecule has 0 radical (unpaired) electrons. The van der Waals surface area contributed by atoms with Crippen LogP contribution in [0.5, 0.6) is 0 Å². The zero-order valence-electron chi connectivity index (χ0n) is 11.3. The van der Waals surface area contributed by atoms with E-state index in [2.05, 4.69) is 4.98 Å². The Morgan fingerprint density at radius 1 is 1.00 bits per heavy atom. The molecule has 0 saturated carbocycles. The maximum atomic E-state index is 12.1. The van der Waals surface area contributed by atoms with Crippen LogP contribution in [0.4, 0.5) is 0 Å². The first-order valence-electron chi connectivity index (χ1n) is 6.44. The number of ether oxygens (including phenoxy) is 1. The first kappa shape index (κ1) is 13.6. The second-order valence-electron chi connectivity index (χ2n) is 4.53. The Hall–Kier alpha value is -2.39. The molecule has 0 spiro atoms. The van der Waals surface area contributed by atoms with Crippen LogP contribution in [0, 0.1) is 0 Å². The summed E-state index contributed by atoms with van der Waals surface area (Å²) in [4.78, 5) is 16.3. The van der Waals surface area contributed by atoms with E-state index in [0.29, 0.717) is 5.15 Å². The third-order valence-corrected chi connectivity index (χ3v) is 3.59. The van der Waals surface area contributed by atoms with Gasteiger partial charge in [0.05, 0.1) is 7.11 Å². The van der Waals surface area contributed by atoms with E-state index in [4.69, 9.17) is 16.3 Å². The average Bonchev–Trinajstić information content (AvgIpc) is 2.55. The number of pyridine rings is 1. The fourth-order valence-corrected chi connectivity index (χ4v) is 2.61. The zero-order valence-corrected chi connectivity index (χ0v) is 12.1. The summed E-state index contributed by atoms with van der Waals surface area (Å²) in [6.07, 6.45) is 0. The minimum atomic E-state index is -0.499. The second kappa shape index (κ2) is 5.54. The van der Waals surface area contributed by atoms with E-state index in [0.717, 1.165) is 21.9 Å². The van der Waals surface area contributed by atoms with Crippen molar-refractivity contribution < 1.29 is 9.53 Å². The summed E-state index contributed by atoms with van der Waals surface area (Å²) < 4.78 is 4.84. The van der Waals surface area contributed by atoms with Gasteiger partial charge in [-0.15, -0.1) is 0 Å². The van der Waals surface area contributed by atoms with Crippen molar-refractivity contribution in [3.05, 3.63) is 65.4 Å². The number of hydrogen-bond acceptors (Lipinski definition) is 3. The molecule has 1 aromatic heterocycles. The monoisotopic (exact) mass is 297 g/mol. The van der Waals surface area contributed by atoms with Crippen LogP contribution >= 0.6 is 11.6 Å². The molecule has 0 aliphatic heterocycles. The Balaban J connectivity index is 2.43. The average molecular weight is 298 g/mol. The molecule has 0 aliphatic carbocycles. The van der Waals surface area contributed by atoms with Crippen molar-refractivity contribution >= 4 is 28.3 Å². The normalized spacial score (nSPS) is 10.6. The minimum absolute atomic E-state index is 0.229. The van der Waals surface area contributed by atoms with Gasteiger partial charge in [-0.05, 0) is 10.9 Å². The van der Waals surface area contributed by atoms with Gasteiger partial charge in [0.15, 0.2) is 5.69 Å². The van der Waals surface area contributed by atoms with Crippen LogP contribution in [0.15, 0.2) is 54.6 Å². The number of nitrogens with zero attached hydrogens (tertiary/aromatic N) is 1. The van der Waals surface area contributed by atoms with E-state index < -0.39 is 5.97 Å². The van der Waals surface area contributed by atoms with Crippen LogP contribution in [0.2, 0.25) is 5.15 Å². The molecule has 0 fully saturated rings. The third kappa shape index (κ3) is 2.36. The molecule has 3 rings (SSSR count). The lowest BCUT2D eigenvalue weighted by Gasteiger charge is -2.12. The van der Waals surface area contributed by atoms with Gasteiger partial charge in [0.1, 0.15) is 5.15 Å². The van der Waals surface area contributed by atoms with Gasteiger partial charge >= 0.3 is 5.97 Å². The zero-order chi connectivity index (χ0) is 14.8. The highest BCUT2D eigenvalue weighted by atomic mass is 35.5. The molecule has 0 bridgehead atoms. The summed E-state index contributed by atoms with van der Waals surface area (Å²) in [6.45, 7) is 0. The van der Waals surface area contributed by atoms with E-state index >= 15 is 0 Å². The molecule has 0 aliphatic rings. The molecular formula is C17H12ClNO2. The van der Waals surface area contributed by atoms with Gasteiger partial charge in [0.25, 0.3) is 0 Å². The first-order chi connectivity index (χ1) is 10.2. The molecular weight excluding hydrogens is 286 g/mol. The highest BCUT2D eigenvalue weighted by Crippen LogP contribution is 2.34. The lowest BCUT2D eigenvalue weighted by atomic mass is 9.97. The molecule has 2 aromatic carbocycles. The Bertz CT molecular complexity index is 816. The van der Waals surface area contributed by atoms with Gasteiger partial charge in [0.2, 0.25) is 0 Å². The summed E-state index contributed by atoms with van der Waals surface area (Å²) >= 11 is 6.20. The summed E-state index contributed by atoms with van der Waals surface area (Å²) in [7, 11) is 1.34. The number of esters is 1. The molecule has 3 nitrogen and oxygen atoms in total. The quantitative estimate of drug-likeness (QED) is 0.522. The Morgan fingerprint density at radius 2 is 1.62 bits per heavy atom. The highest BCUT2D eigenvalue weighted by molar-refractivity contribution is 6.35. The van der Waals surface area contributed by atoms with Crippen molar-refractivity contribution in [2.24, 2.45) is 0 Å². The number of carbonyl (C=O) groups excluding carboxylic acids is 1. The van der Waals surface area contributed by atoms with Crippen molar-refractivity contribution in [1.82, 2.24) is 4.98 Å². The van der Waals surface area contributed by atoms with Crippen molar-refractivity contribution in [3.8, 4) is 11.1 Å². The molecule has 4 heteroatoms. The number of rotatable bonds is 2. The molecule has 0 atom stereocenters. The van der Waals surface area contributed by atoms with Crippen LogP contribution in [-0.4, -0.2) is 18.1 Å². The van der Waals surface area contributed by atoms with E-state index in [1.54, 1.807) is 0 Å². The lowest BCUT2D eigenvalue weighted by molar-refractivity contribution is 0.0595. The molecule has 1 heterocycles. The fraction of sp³-hybridized carbons (Fsp3) is 0.0588. The molecule has 0 amide bonds. The predicted molar refractivity (Wildman–Crippen MR) is 83.5 cm³/mol. The fourth-order valence-electron chi connectivity index (χ4n) is 2.36. The summed E-state index contributed by atoms with van der Waals surface area (Å²) in [5.41, 5.74) is 1.87. The molecule has 0 N–H and O–H groups in total. The smallest absolute Gasteiger partial charge is 0.357 e. The first-order valence-corrected chi connectivity index (χ1v) is 6.82. The van der Waals surface area contributed by atoms with E-state index in [-0.39, 0.29) is 5.69 Å². The molecule has 3 aromatic rings. The summed E-state index contributed by atoms with van der Waals surface area (Å²) in [6, 6.07) is 17.2. The Morgan fingerprint density at radius 3 is 2.29 bits per heavy atom. The topological polar surface area (TPSA) is 39.2 Å². The standard InChI is InChI=1S/C17H12ClNO2/c1-21-17(20)15-14(11-7-3-2-4-8-11)12-9-5-6-10-13(12)16(18)19-15/h2-10H,1H3. The molecule has 0 saturated heterocycles. The summed E-state index contributed by atoms with van der Waals surface area (Å²) in [5.74, 6) is -0.499. The SMILES string of the molecule is COC(=O)c1nc(Cl)c2ccccc2c1-c1ccccc1. The number of carbonyl (C=O) groups is 1. The van der Waals surface area contributed by atoms with Crippen molar-refractivity contribution in [1.29, 1.82) is 0 Å². The Labute approximate surface area is 127 Å². The van der Waals surface area contributed by atoms with Crippen molar-refractivity contribution in [2.75, 3.05) is 7.11 Å². The number of hydrogen-bond donors (Lipinski definition) is 0. The predicted octanol–water partition coefficient (Wildman–Crippen LogP) is 4.34. The van der Waals surface area contributed by atoms with Crippen LogP contribution in [0.3, 0.4) is 0 Å². The van der Waals surface area contributed by atoms with Crippen LogP contribution in [-0.2, 0) is 4.74 Å². The van der Waals surface area contributed by atoms with Gasteiger partial charge in [-0.3, -0.25) is 0 Å². The van der Waals surface area contributed by atoms with Crippen LogP contribution < -0.4 is 0 Å². The minimum Gasteiger partial charge on any atom is -0.464 e. The molecule has 21 heavy (non-hydrogen) atoms. The third-order valence-electron chi connectivity index (χ3n) is 3.31. The maximum Gasteiger partial charge on any atom is 0.357 e. The number of methoxy groups -OCH3 is 1. The number of fused-ring (bicyclic) bond motifs is 1. The van der Waals surface area contributed by atoms with E-state index in [1.165, 1.54) is 7.11 Å². The second-order valence-corrected chi connectivity index (χ2v) is 4.89. The maximum absolute atomic E-state index is 12.1. The highest BCUT2D eigenvalue weighted by Gasteiger charge is 2.20. The number of aromatic nitrogens is 1.